The van der Waals surface area contributed by atoms with Crippen LogP contribution in [0.25, 0.3) is 0 Å². The Labute approximate surface area is 110 Å². The van der Waals surface area contributed by atoms with E-state index in [0.717, 1.165) is 17.3 Å². The van der Waals surface area contributed by atoms with Gasteiger partial charge in [0.25, 0.3) is 0 Å². The molecule has 1 N–H and O–H groups in total. The minimum Gasteiger partial charge on any atom is -0.351 e. The third kappa shape index (κ3) is 2.82. The van der Waals surface area contributed by atoms with Gasteiger partial charge in [-0.1, -0.05) is 34.1 Å². The normalized spacial score (nSPS) is 22.4. The Morgan fingerprint density at radius 3 is 2.61 bits per heavy atom. The maximum atomic E-state index is 4.64. The van der Waals surface area contributed by atoms with Gasteiger partial charge in [-0.2, -0.15) is 0 Å². The number of rotatable bonds is 3. The number of nitrogens with one attached hydrogen (secondary N) is 1. The quantitative estimate of drug-likeness (QED) is 0.880. The molecule has 1 unspecified atom stereocenters. The van der Waals surface area contributed by atoms with Crippen LogP contribution in [0.3, 0.4) is 0 Å². The van der Waals surface area contributed by atoms with Gasteiger partial charge in [-0.3, -0.25) is 0 Å². The highest BCUT2D eigenvalue weighted by Crippen LogP contribution is 2.38. The minimum absolute atomic E-state index is 0.352. The van der Waals surface area contributed by atoms with Crippen molar-refractivity contribution in [2.75, 3.05) is 5.32 Å². The first-order valence-electron chi connectivity index (χ1n) is 7.00. The summed E-state index contributed by atoms with van der Waals surface area (Å²) in [6.45, 7) is 11.0. The predicted molar refractivity (Wildman–Crippen MR) is 75.9 cm³/mol. The molecule has 0 bridgehead atoms. The first-order valence-corrected chi connectivity index (χ1v) is 7.00. The molecular formula is C15H25N3. The molecule has 1 fully saturated rings. The van der Waals surface area contributed by atoms with Crippen molar-refractivity contribution in [3.8, 4) is 0 Å². The fraction of sp³-hybridized carbons (Fsp3) is 0.733. The zero-order valence-corrected chi connectivity index (χ0v) is 12.2. The zero-order valence-electron chi connectivity index (χ0n) is 12.2. The van der Waals surface area contributed by atoms with Crippen LogP contribution in [0.4, 0.5) is 5.95 Å². The molecule has 0 saturated heterocycles. The highest BCUT2D eigenvalue weighted by molar-refractivity contribution is 5.31. The first kappa shape index (κ1) is 13.3. The van der Waals surface area contributed by atoms with Crippen LogP contribution in [0.5, 0.6) is 0 Å². The van der Waals surface area contributed by atoms with Crippen LogP contribution >= 0.6 is 0 Å². The average Bonchev–Trinajstić information content (AvgIpc) is 2.57. The molecule has 18 heavy (non-hydrogen) atoms. The summed E-state index contributed by atoms with van der Waals surface area (Å²) >= 11 is 0. The van der Waals surface area contributed by atoms with Crippen LogP contribution in [-0.4, -0.2) is 16.0 Å². The summed E-state index contributed by atoms with van der Waals surface area (Å²) in [4.78, 5) is 9.16. The summed E-state index contributed by atoms with van der Waals surface area (Å²) in [6, 6.07) is 2.58. The van der Waals surface area contributed by atoms with Gasteiger partial charge in [-0.25, -0.2) is 9.97 Å². The van der Waals surface area contributed by atoms with Crippen molar-refractivity contribution in [3.63, 3.8) is 0 Å². The molecule has 1 heterocycles. The second kappa shape index (κ2) is 4.87. The van der Waals surface area contributed by atoms with Crippen LogP contribution in [-0.2, 0) is 0 Å². The second-order valence-corrected chi connectivity index (χ2v) is 6.49. The van der Waals surface area contributed by atoms with Gasteiger partial charge in [0, 0.05) is 17.4 Å². The molecule has 1 aliphatic rings. The Morgan fingerprint density at radius 2 is 2.06 bits per heavy atom. The van der Waals surface area contributed by atoms with E-state index < -0.39 is 0 Å². The van der Waals surface area contributed by atoms with Gasteiger partial charge in [0.15, 0.2) is 0 Å². The van der Waals surface area contributed by atoms with E-state index in [1.807, 2.05) is 6.92 Å². The molecule has 1 atom stereocenters. The Hall–Kier alpha value is -1.12. The van der Waals surface area contributed by atoms with Gasteiger partial charge in [0.2, 0.25) is 5.95 Å². The average molecular weight is 247 g/mol. The number of hydrogen-bond acceptors (Lipinski definition) is 3. The minimum atomic E-state index is 0.352. The van der Waals surface area contributed by atoms with E-state index >= 15 is 0 Å². The van der Waals surface area contributed by atoms with Crippen molar-refractivity contribution in [2.24, 2.45) is 5.41 Å². The standard InChI is InChI=1S/C15H25N3/c1-10(2)12-9-11(3)16-14(17-12)18-13-7-6-8-15(13,4)5/h9-10,13H,6-8H2,1-5H3,(H,16,17,18). The molecule has 3 heteroatoms. The van der Waals surface area contributed by atoms with Crippen molar-refractivity contribution in [1.29, 1.82) is 0 Å². The largest absolute Gasteiger partial charge is 0.351 e. The molecule has 0 aliphatic heterocycles. The van der Waals surface area contributed by atoms with E-state index in [2.05, 4.69) is 49.0 Å². The molecule has 2 rings (SSSR count). The third-order valence-corrected chi connectivity index (χ3v) is 4.03. The predicted octanol–water partition coefficient (Wildman–Crippen LogP) is 3.90. The lowest BCUT2D eigenvalue weighted by atomic mass is 9.87. The Bertz CT molecular complexity index is 424. The van der Waals surface area contributed by atoms with Gasteiger partial charge in [-0.15, -0.1) is 0 Å². The molecule has 0 spiro atoms. The molecule has 0 amide bonds. The smallest absolute Gasteiger partial charge is 0.223 e. The number of aryl methyl sites for hydroxylation is 1. The van der Waals surface area contributed by atoms with Crippen LogP contribution in [0.2, 0.25) is 0 Å². The summed E-state index contributed by atoms with van der Waals surface area (Å²) in [6.07, 6.45) is 3.81. The van der Waals surface area contributed by atoms with Gasteiger partial charge in [0.1, 0.15) is 0 Å². The van der Waals surface area contributed by atoms with Gasteiger partial charge >= 0.3 is 0 Å². The summed E-state index contributed by atoms with van der Waals surface area (Å²) < 4.78 is 0. The maximum absolute atomic E-state index is 4.64. The SMILES string of the molecule is Cc1cc(C(C)C)nc(NC2CCCC2(C)C)n1. The van der Waals surface area contributed by atoms with Crippen molar-refractivity contribution < 1.29 is 0 Å². The summed E-state index contributed by atoms with van der Waals surface area (Å²) in [7, 11) is 0. The summed E-state index contributed by atoms with van der Waals surface area (Å²) in [5, 5.41) is 3.54. The molecule has 100 valence electrons. The zero-order chi connectivity index (χ0) is 13.3. The molecule has 3 nitrogen and oxygen atoms in total. The van der Waals surface area contributed by atoms with E-state index in [1.165, 1.54) is 19.3 Å². The first-order chi connectivity index (χ1) is 8.38. The van der Waals surface area contributed by atoms with Crippen molar-refractivity contribution in [2.45, 2.75) is 65.8 Å². The molecule has 1 aliphatic carbocycles. The van der Waals surface area contributed by atoms with E-state index in [1.54, 1.807) is 0 Å². The molecule has 0 aromatic carbocycles. The lowest BCUT2D eigenvalue weighted by molar-refractivity contribution is 0.348. The fourth-order valence-electron chi connectivity index (χ4n) is 2.70. The van der Waals surface area contributed by atoms with Gasteiger partial charge < -0.3 is 5.32 Å². The van der Waals surface area contributed by atoms with E-state index in [-0.39, 0.29) is 0 Å². The fourth-order valence-corrected chi connectivity index (χ4v) is 2.70. The third-order valence-electron chi connectivity index (χ3n) is 4.03. The topological polar surface area (TPSA) is 37.8 Å². The van der Waals surface area contributed by atoms with Crippen LogP contribution in [0.1, 0.15) is 64.3 Å². The summed E-state index contributed by atoms with van der Waals surface area (Å²) in [5.74, 6) is 1.25. The van der Waals surface area contributed by atoms with Crippen LogP contribution < -0.4 is 5.32 Å². The maximum Gasteiger partial charge on any atom is 0.223 e. The van der Waals surface area contributed by atoms with Gasteiger partial charge in [-0.05, 0) is 37.2 Å². The number of anilines is 1. The van der Waals surface area contributed by atoms with E-state index in [0.29, 0.717) is 17.4 Å². The highest BCUT2D eigenvalue weighted by Gasteiger charge is 2.34. The molecule has 1 aromatic heterocycles. The highest BCUT2D eigenvalue weighted by atomic mass is 15.1. The Balaban J connectivity index is 2.19. The van der Waals surface area contributed by atoms with Crippen LogP contribution in [0, 0.1) is 12.3 Å². The molecule has 1 aromatic rings. The summed E-state index contributed by atoms with van der Waals surface area (Å²) in [5.41, 5.74) is 2.53. The van der Waals surface area contributed by atoms with E-state index in [9.17, 15) is 0 Å². The van der Waals surface area contributed by atoms with Crippen molar-refractivity contribution in [1.82, 2.24) is 9.97 Å². The number of nitrogens with zero attached hydrogens (tertiary/aromatic N) is 2. The monoisotopic (exact) mass is 247 g/mol. The second-order valence-electron chi connectivity index (χ2n) is 6.49. The van der Waals surface area contributed by atoms with E-state index in [4.69, 9.17) is 0 Å². The van der Waals surface area contributed by atoms with Crippen molar-refractivity contribution in [3.05, 3.63) is 17.5 Å². The van der Waals surface area contributed by atoms with Gasteiger partial charge in [0.05, 0.1) is 0 Å². The lowest BCUT2D eigenvalue weighted by Gasteiger charge is -2.28. The lowest BCUT2D eigenvalue weighted by Crippen LogP contribution is -2.31. The number of aromatic nitrogens is 2. The Morgan fingerprint density at radius 1 is 1.33 bits per heavy atom. The molecular weight excluding hydrogens is 222 g/mol. The Kier molecular flexibility index (Phi) is 3.60. The molecule has 0 radical (unpaired) electrons. The van der Waals surface area contributed by atoms with Crippen molar-refractivity contribution >= 4 is 5.95 Å². The van der Waals surface area contributed by atoms with Crippen LogP contribution in [0.15, 0.2) is 6.07 Å². The molecule has 1 saturated carbocycles. The number of hydrogen-bond donors (Lipinski definition) is 1.